The van der Waals surface area contributed by atoms with E-state index in [-0.39, 0.29) is 6.61 Å². The molecule has 0 aromatic carbocycles. The van der Waals surface area contributed by atoms with E-state index in [1.807, 2.05) is 0 Å². The Morgan fingerprint density at radius 1 is 1.71 bits per heavy atom. The van der Waals surface area contributed by atoms with Gasteiger partial charge in [-0.15, -0.1) is 0 Å². The van der Waals surface area contributed by atoms with Crippen molar-refractivity contribution in [3.05, 3.63) is 14.5 Å². The number of anilines is 1. The monoisotopic (exact) mass is 369 g/mol. The molecule has 1 aromatic rings. The average molecular weight is 369 g/mol. The van der Waals surface area contributed by atoms with Crippen molar-refractivity contribution >= 4 is 40.6 Å². The second-order valence-corrected chi connectivity index (χ2v) is 5.31. The second kappa shape index (κ2) is 5.14. The molecular weight excluding hydrogens is 357 g/mol. The molecule has 94 valence electrons. The highest BCUT2D eigenvalue weighted by atomic mass is 127. The number of aromatic nitrogens is 2. The van der Waals surface area contributed by atoms with Crippen molar-refractivity contribution in [1.82, 2.24) is 9.55 Å². The van der Waals surface area contributed by atoms with Gasteiger partial charge in [-0.1, -0.05) is 0 Å². The number of ether oxygens (including phenoxy) is 1. The Labute approximate surface area is 117 Å². The van der Waals surface area contributed by atoms with Crippen LogP contribution in [0.25, 0.3) is 0 Å². The fourth-order valence-corrected chi connectivity index (χ4v) is 2.40. The predicted octanol–water partition coefficient (Wildman–Crippen LogP) is 0.440. The summed E-state index contributed by atoms with van der Waals surface area (Å²) in [5, 5.41) is 18.7. The first-order valence-corrected chi connectivity index (χ1v) is 6.50. The van der Waals surface area contributed by atoms with Crippen LogP contribution in [0.2, 0.25) is 0 Å². The van der Waals surface area contributed by atoms with Crippen LogP contribution in [-0.2, 0) is 4.74 Å². The van der Waals surface area contributed by atoms with Gasteiger partial charge in [-0.25, -0.2) is 4.98 Å². The van der Waals surface area contributed by atoms with E-state index in [9.17, 15) is 5.11 Å². The second-order valence-electron chi connectivity index (χ2n) is 3.78. The lowest BCUT2D eigenvalue weighted by molar-refractivity contribution is -0.0453. The molecule has 0 bridgehead atoms. The third-order valence-electron chi connectivity index (χ3n) is 2.63. The quantitative estimate of drug-likeness (QED) is 0.518. The van der Waals surface area contributed by atoms with Crippen LogP contribution in [0.1, 0.15) is 12.6 Å². The van der Waals surface area contributed by atoms with Crippen molar-refractivity contribution in [2.24, 2.45) is 0 Å². The van der Waals surface area contributed by atoms with E-state index >= 15 is 0 Å². The number of hydrogen-bond donors (Lipinski definition) is 3. The van der Waals surface area contributed by atoms with E-state index in [2.05, 4.69) is 27.6 Å². The molecule has 1 saturated heterocycles. The van der Waals surface area contributed by atoms with E-state index in [1.54, 1.807) is 10.8 Å². The summed E-state index contributed by atoms with van der Waals surface area (Å²) in [6.45, 7) is -0.218. The van der Waals surface area contributed by atoms with Gasteiger partial charge in [0.15, 0.2) is 0 Å². The molecular formula is C9H12IN3O3S. The largest absolute Gasteiger partial charge is 0.394 e. The molecule has 0 amide bonds. The van der Waals surface area contributed by atoms with Crippen molar-refractivity contribution in [2.45, 2.75) is 24.9 Å². The van der Waals surface area contributed by atoms with Gasteiger partial charge >= 0.3 is 0 Å². The minimum atomic E-state index is -0.692. The maximum Gasteiger partial charge on any atom is 0.203 e. The number of aliphatic hydroxyl groups excluding tert-OH is 2. The topological polar surface area (TPSA) is 93.5 Å². The Balaban J connectivity index is 2.30. The van der Waals surface area contributed by atoms with Crippen LogP contribution in [0.5, 0.6) is 0 Å². The number of nitrogens with zero attached hydrogens (tertiary/aromatic N) is 2. The molecule has 0 spiro atoms. The summed E-state index contributed by atoms with van der Waals surface area (Å²) in [5.41, 5.74) is 5.64. The highest BCUT2D eigenvalue weighted by Gasteiger charge is 2.34. The minimum Gasteiger partial charge on any atom is -0.394 e. The van der Waals surface area contributed by atoms with Gasteiger partial charge in [-0.3, -0.25) is 4.57 Å². The zero-order valence-electron chi connectivity index (χ0n) is 8.78. The Morgan fingerprint density at radius 2 is 2.41 bits per heavy atom. The summed E-state index contributed by atoms with van der Waals surface area (Å²) in [5.74, 6) is 0.379. The summed E-state index contributed by atoms with van der Waals surface area (Å²) in [6, 6.07) is 0. The minimum absolute atomic E-state index is 0.218. The summed E-state index contributed by atoms with van der Waals surface area (Å²) >= 11 is 7.14. The molecule has 8 heteroatoms. The summed E-state index contributed by atoms with van der Waals surface area (Å²) in [7, 11) is 0. The summed E-state index contributed by atoms with van der Waals surface area (Å²) < 4.78 is 8.21. The zero-order valence-corrected chi connectivity index (χ0v) is 11.8. The van der Waals surface area contributed by atoms with E-state index in [0.29, 0.717) is 17.0 Å². The molecule has 0 aliphatic carbocycles. The molecule has 1 fully saturated rings. The van der Waals surface area contributed by atoms with Gasteiger partial charge in [0.2, 0.25) is 4.77 Å². The molecule has 0 radical (unpaired) electrons. The van der Waals surface area contributed by atoms with Gasteiger partial charge < -0.3 is 20.7 Å². The first kappa shape index (κ1) is 13.1. The summed E-state index contributed by atoms with van der Waals surface area (Å²) in [6.07, 6.45) is 0.444. The van der Waals surface area contributed by atoms with Crippen molar-refractivity contribution < 1.29 is 14.9 Å². The lowest BCUT2D eigenvalue weighted by atomic mass is 10.2. The molecule has 3 atom stereocenters. The lowest BCUT2D eigenvalue weighted by Crippen LogP contribution is -2.24. The average Bonchev–Trinajstić information content (AvgIpc) is 2.65. The van der Waals surface area contributed by atoms with Crippen LogP contribution < -0.4 is 5.73 Å². The van der Waals surface area contributed by atoms with Crippen molar-refractivity contribution in [2.75, 3.05) is 12.3 Å². The fraction of sp³-hybridized carbons (Fsp3) is 0.556. The van der Waals surface area contributed by atoms with Gasteiger partial charge in [-0.2, -0.15) is 0 Å². The number of nitrogens with two attached hydrogens (primary N) is 1. The van der Waals surface area contributed by atoms with E-state index in [0.717, 1.165) is 3.57 Å². The normalized spacial score (nSPS) is 28.5. The number of halogens is 1. The molecule has 6 nitrogen and oxygen atoms in total. The van der Waals surface area contributed by atoms with E-state index in [4.69, 9.17) is 27.8 Å². The third kappa shape index (κ3) is 2.60. The van der Waals surface area contributed by atoms with E-state index < -0.39 is 18.4 Å². The van der Waals surface area contributed by atoms with Crippen LogP contribution in [0, 0.1) is 8.34 Å². The Bertz CT molecular complexity index is 481. The van der Waals surface area contributed by atoms with Crippen LogP contribution >= 0.6 is 34.8 Å². The molecule has 1 aliphatic rings. The van der Waals surface area contributed by atoms with Crippen LogP contribution in [0.3, 0.4) is 0 Å². The van der Waals surface area contributed by atoms with Crippen LogP contribution in [0.4, 0.5) is 5.82 Å². The highest BCUT2D eigenvalue weighted by Crippen LogP contribution is 2.29. The maximum absolute atomic E-state index is 9.66. The standard InChI is InChI=1S/C9H12IN3O3S/c10-4-2-13(9(17)12-8(4)11)7-1-5(15)6(3-14)16-7/h2,5-7,14-15H,1,3H2,(H2,11,12,17)/t5-,6+,7+/m0/s1. The molecule has 1 aliphatic heterocycles. The third-order valence-corrected chi connectivity index (χ3v) is 3.76. The Morgan fingerprint density at radius 3 is 3.00 bits per heavy atom. The number of aliphatic hydroxyl groups is 2. The molecule has 0 saturated carbocycles. The molecule has 0 unspecified atom stereocenters. The van der Waals surface area contributed by atoms with Crippen molar-refractivity contribution in [1.29, 1.82) is 0 Å². The first-order chi connectivity index (χ1) is 8.02. The number of hydrogen-bond acceptors (Lipinski definition) is 6. The molecule has 1 aromatic heterocycles. The number of nitrogen functional groups attached to an aromatic ring is 1. The lowest BCUT2D eigenvalue weighted by Gasteiger charge is -2.16. The molecule has 2 heterocycles. The molecule has 17 heavy (non-hydrogen) atoms. The van der Waals surface area contributed by atoms with Crippen molar-refractivity contribution in [3.63, 3.8) is 0 Å². The van der Waals surface area contributed by atoms with E-state index in [1.165, 1.54) is 0 Å². The van der Waals surface area contributed by atoms with Gasteiger partial charge in [-0.05, 0) is 34.8 Å². The highest BCUT2D eigenvalue weighted by molar-refractivity contribution is 14.1. The SMILES string of the molecule is Nc1nc(=S)n([C@H]2C[C@H](O)[C@@H](CO)O2)cc1I. The van der Waals surface area contributed by atoms with Crippen molar-refractivity contribution in [3.8, 4) is 0 Å². The van der Waals surface area contributed by atoms with Gasteiger partial charge in [0, 0.05) is 12.6 Å². The Hall–Kier alpha value is -0.290. The van der Waals surface area contributed by atoms with Crippen LogP contribution in [0.15, 0.2) is 6.20 Å². The predicted molar refractivity (Wildman–Crippen MR) is 71.8 cm³/mol. The zero-order chi connectivity index (χ0) is 12.6. The molecule has 4 N–H and O–H groups in total. The number of rotatable bonds is 2. The maximum atomic E-state index is 9.66. The molecule has 2 rings (SSSR count). The smallest absolute Gasteiger partial charge is 0.203 e. The van der Waals surface area contributed by atoms with Gasteiger partial charge in [0.05, 0.1) is 16.3 Å². The fourth-order valence-electron chi connectivity index (χ4n) is 1.71. The van der Waals surface area contributed by atoms with Crippen LogP contribution in [-0.4, -0.2) is 38.6 Å². The first-order valence-electron chi connectivity index (χ1n) is 5.01. The summed E-state index contributed by atoms with van der Waals surface area (Å²) in [4.78, 5) is 4.02. The van der Waals surface area contributed by atoms with Gasteiger partial charge in [0.1, 0.15) is 18.1 Å². The Kier molecular flexibility index (Phi) is 3.98. The van der Waals surface area contributed by atoms with Gasteiger partial charge in [0.25, 0.3) is 0 Å².